The summed E-state index contributed by atoms with van der Waals surface area (Å²) in [5.74, 6) is 1.23. The molecule has 0 aliphatic carbocycles. The van der Waals surface area contributed by atoms with E-state index < -0.39 is 0 Å². The fourth-order valence-corrected chi connectivity index (χ4v) is 4.19. The number of nitrogens with zero attached hydrogens (tertiary/aromatic N) is 3. The molecule has 0 bridgehead atoms. The Kier molecular flexibility index (Phi) is 4.16. The van der Waals surface area contributed by atoms with Crippen LogP contribution in [0.25, 0.3) is 16.7 Å². The fourth-order valence-electron chi connectivity index (χ4n) is 4.19. The molecule has 0 atom stereocenters. The van der Waals surface area contributed by atoms with Crippen LogP contribution in [-0.2, 0) is 6.42 Å². The van der Waals surface area contributed by atoms with Crippen molar-refractivity contribution in [1.82, 2.24) is 4.98 Å². The predicted molar refractivity (Wildman–Crippen MR) is 105 cm³/mol. The highest BCUT2D eigenvalue weighted by Crippen LogP contribution is 2.30. The monoisotopic (exact) mass is 345 g/mol. The molecule has 0 spiro atoms. The number of allylic oxidation sites excluding steroid dienone is 1. The number of pyridine rings is 1. The first-order valence-corrected chi connectivity index (χ1v) is 9.39. The molecule has 1 aromatic carbocycles. The van der Waals surface area contributed by atoms with Crippen LogP contribution in [0, 0.1) is 18.3 Å². The lowest BCUT2D eigenvalue weighted by atomic mass is 9.97. The van der Waals surface area contributed by atoms with Gasteiger partial charge in [-0.15, -0.1) is 0 Å². The van der Waals surface area contributed by atoms with Crippen LogP contribution in [-0.4, -0.2) is 18.1 Å². The van der Waals surface area contributed by atoms with Gasteiger partial charge < -0.3 is 0 Å². The third kappa shape index (κ3) is 2.55. The Balaban J connectivity index is 2.15. The number of piperidine rings is 1. The van der Waals surface area contributed by atoms with Crippen molar-refractivity contribution in [1.29, 1.82) is 5.26 Å². The van der Waals surface area contributed by atoms with Crippen LogP contribution < -0.4 is 9.30 Å². The topological polar surface area (TPSA) is 46.9 Å². The molecule has 1 fully saturated rings. The largest absolute Gasteiger partial charge is 0.292 e. The van der Waals surface area contributed by atoms with Gasteiger partial charge in [-0.1, -0.05) is 24.3 Å². The van der Waals surface area contributed by atoms with E-state index >= 15 is 0 Å². The van der Waals surface area contributed by atoms with Gasteiger partial charge in [0.15, 0.2) is 0 Å². The van der Waals surface area contributed by atoms with E-state index in [0.29, 0.717) is 0 Å². The quantitative estimate of drug-likeness (QED) is 0.571. The molecule has 0 amide bonds. The molecule has 0 radical (unpaired) electrons. The molecule has 1 saturated heterocycles. The lowest BCUT2D eigenvalue weighted by Gasteiger charge is -2.27. The number of hydrogen-bond donors (Lipinski definition) is 1. The number of H-pyrrole nitrogens is 1. The second-order valence-corrected chi connectivity index (χ2v) is 7.42. The van der Waals surface area contributed by atoms with E-state index in [1.54, 1.807) is 0 Å². The molecule has 2 aromatic heterocycles. The van der Waals surface area contributed by atoms with Gasteiger partial charge in [-0.05, 0) is 57.2 Å². The van der Waals surface area contributed by atoms with Crippen LogP contribution in [0.4, 0.5) is 5.82 Å². The summed E-state index contributed by atoms with van der Waals surface area (Å²) in [5, 5.41) is 9.88. The number of anilines is 1. The smallest absolute Gasteiger partial charge is 0.250 e. The van der Waals surface area contributed by atoms with Crippen molar-refractivity contribution in [3.63, 3.8) is 0 Å². The Morgan fingerprint density at radius 3 is 2.69 bits per heavy atom. The van der Waals surface area contributed by atoms with Crippen molar-refractivity contribution >= 4 is 22.5 Å². The summed E-state index contributed by atoms with van der Waals surface area (Å²) in [7, 11) is 0. The summed E-state index contributed by atoms with van der Waals surface area (Å²) in [4.78, 5) is 5.99. The number of fused-ring (bicyclic) bond motifs is 3. The maximum Gasteiger partial charge on any atom is 0.250 e. The van der Waals surface area contributed by atoms with Crippen LogP contribution in [0.5, 0.6) is 0 Å². The van der Waals surface area contributed by atoms with Crippen molar-refractivity contribution < 1.29 is 4.40 Å². The number of rotatable bonds is 3. The fraction of sp³-hybridized carbons (Fsp3) is 0.364. The third-order valence-electron chi connectivity index (χ3n) is 5.41. The van der Waals surface area contributed by atoms with Crippen LogP contribution in [0.15, 0.2) is 36.4 Å². The molecule has 4 rings (SSSR count). The van der Waals surface area contributed by atoms with E-state index in [9.17, 15) is 5.26 Å². The highest BCUT2D eigenvalue weighted by molar-refractivity contribution is 5.78. The number of nitrogens with one attached hydrogen (secondary N) is 1. The summed E-state index contributed by atoms with van der Waals surface area (Å²) in [6.07, 6.45) is 4.53. The number of nitriles is 1. The van der Waals surface area contributed by atoms with Crippen molar-refractivity contribution in [3.05, 3.63) is 53.1 Å². The average molecular weight is 345 g/mol. The Morgan fingerprint density at radius 1 is 1.27 bits per heavy atom. The van der Waals surface area contributed by atoms with Crippen molar-refractivity contribution in [2.75, 3.05) is 18.0 Å². The van der Waals surface area contributed by atoms with Crippen molar-refractivity contribution in [2.45, 2.75) is 39.5 Å². The second kappa shape index (κ2) is 6.49. The minimum Gasteiger partial charge on any atom is -0.292 e. The molecule has 0 unspecified atom stereocenters. The van der Waals surface area contributed by atoms with Crippen molar-refractivity contribution in [3.8, 4) is 6.07 Å². The lowest BCUT2D eigenvalue weighted by Crippen LogP contribution is -2.40. The van der Waals surface area contributed by atoms with Gasteiger partial charge in [0, 0.05) is 5.56 Å². The minimum atomic E-state index is 0.734. The van der Waals surface area contributed by atoms with Gasteiger partial charge in [-0.2, -0.15) is 9.66 Å². The summed E-state index contributed by atoms with van der Waals surface area (Å²) >= 11 is 0. The molecule has 1 N–H and O–H groups in total. The number of imidazole rings is 1. The molecule has 1 aliphatic heterocycles. The van der Waals surface area contributed by atoms with E-state index in [1.165, 1.54) is 30.6 Å². The lowest BCUT2D eigenvalue weighted by molar-refractivity contribution is -0.468. The maximum atomic E-state index is 9.88. The number of aromatic amines is 1. The zero-order valence-corrected chi connectivity index (χ0v) is 15.6. The summed E-state index contributed by atoms with van der Waals surface area (Å²) in [6, 6.07) is 10.8. The molecule has 3 heterocycles. The summed E-state index contributed by atoms with van der Waals surface area (Å²) in [5.41, 5.74) is 7.25. The normalized spacial score (nSPS) is 14.7. The van der Waals surface area contributed by atoms with Gasteiger partial charge in [0.25, 0.3) is 0 Å². The van der Waals surface area contributed by atoms with Crippen LogP contribution >= 0.6 is 0 Å². The highest BCUT2D eigenvalue weighted by atomic mass is 15.2. The number of para-hydroxylation sites is 2. The van der Waals surface area contributed by atoms with Gasteiger partial charge >= 0.3 is 0 Å². The molecule has 3 aromatic rings. The molecule has 4 heteroatoms. The standard InChI is InChI=1S/C22H24N4/c1-15(2)13-17-16(3)18(14-23)21-24-19-9-5-6-10-20(19)26(21)22(17)25-11-7-4-8-12-25/h5-6,9-10H,1,4,7-8,11-13H2,2-3H3/p+1. The number of benzene rings is 1. The molecular weight excluding hydrogens is 320 g/mol. The summed E-state index contributed by atoms with van der Waals surface area (Å²) < 4.78 is 2.27. The number of aromatic nitrogens is 2. The van der Waals surface area contributed by atoms with E-state index in [0.717, 1.165) is 52.9 Å². The zero-order chi connectivity index (χ0) is 18.3. The van der Waals surface area contributed by atoms with Gasteiger partial charge in [0.1, 0.15) is 22.7 Å². The molecule has 4 nitrogen and oxygen atoms in total. The first-order chi connectivity index (χ1) is 12.6. The Hall–Kier alpha value is -2.80. The van der Waals surface area contributed by atoms with Gasteiger partial charge in [0.2, 0.25) is 11.5 Å². The first kappa shape index (κ1) is 16.7. The van der Waals surface area contributed by atoms with Crippen LogP contribution in [0.1, 0.15) is 42.9 Å². The molecule has 132 valence electrons. The average Bonchev–Trinajstić information content (AvgIpc) is 3.02. The first-order valence-electron chi connectivity index (χ1n) is 9.39. The second-order valence-electron chi connectivity index (χ2n) is 7.42. The van der Waals surface area contributed by atoms with E-state index in [-0.39, 0.29) is 0 Å². The molecule has 0 saturated carbocycles. The van der Waals surface area contributed by atoms with Gasteiger partial charge in [-0.3, -0.25) is 9.88 Å². The third-order valence-corrected chi connectivity index (χ3v) is 5.41. The van der Waals surface area contributed by atoms with E-state index in [2.05, 4.69) is 59.0 Å². The molecular formula is C22H25N4+. The minimum absolute atomic E-state index is 0.734. The van der Waals surface area contributed by atoms with Gasteiger partial charge in [-0.25, -0.2) is 0 Å². The Labute approximate surface area is 154 Å². The number of hydrogen-bond acceptors (Lipinski definition) is 2. The van der Waals surface area contributed by atoms with E-state index in [1.807, 2.05) is 6.07 Å². The van der Waals surface area contributed by atoms with Crippen molar-refractivity contribution in [2.24, 2.45) is 0 Å². The molecule has 1 aliphatic rings. The van der Waals surface area contributed by atoms with Crippen LogP contribution in [0.3, 0.4) is 0 Å². The molecule has 26 heavy (non-hydrogen) atoms. The van der Waals surface area contributed by atoms with E-state index in [4.69, 9.17) is 0 Å². The van der Waals surface area contributed by atoms with Gasteiger partial charge in [0.05, 0.1) is 13.1 Å². The Morgan fingerprint density at radius 2 is 2.00 bits per heavy atom. The predicted octanol–water partition coefficient (Wildman–Crippen LogP) is 4.20. The maximum absolute atomic E-state index is 9.88. The zero-order valence-electron chi connectivity index (χ0n) is 15.6. The Bertz CT molecular complexity index is 1050. The highest BCUT2D eigenvalue weighted by Gasteiger charge is 2.30. The SMILES string of the molecule is C=C(C)Cc1c(C)c(C#N)c2[nH]c3ccccc3[n+]2c1N1CCCCC1. The summed E-state index contributed by atoms with van der Waals surface area (Å²) in [6.45, 7) is 10.4. The van der Waals surface area contributed by atoms with Crippen LogP contribution in [0.2, 0.25) is 0 Å².